The number of hydrogen-bond acceptors (Lipinski definition) is 6. The molecule has 0 amide bonds. The van der Waals surface area contributed by atoms with Crippen LogP contribution < -0.4 is 4.90 Å². The van der Waals surface area contributed by atoms with Crippen LogP contribution in [0.3, 0.4) is 0 Å². The zero-order valence-corrected chi connectivity index (χ0v) is 20.4. The Bertz CT molecular complexity index is 1280. The second kappa shape index (κ2) is 9.76. The van der Waals surface area contributed by atoms with E-state index in [1.807, 2.05) is 24.7 Å². The molecule has 4 aromatic heterocycles. The molecule has 2 aliphatic rings. The lowest BCUT2D eigenvalue weighted by atomic mass is 9.90. The topological polar surface area (TPSA) is 52.8 Å². The second-order valence-corrected chi connectivity index (χ2v) is 9.86. The van der Waals surface area contributed by atoms with Crippen LogP contribution in [0.25, 0.3) is 5.65 Å². The predicted octanol–water partition coefficient (Wildman–Crippen LogP) is 3.96. The number of anilines is 1. The van der Waals surface area contributed by atoms with Crippen molar-refractivity contribution in [3.8, 4) is 0 Å². The molecule has 0 N–H and O–H groups in total. The first-order valence-corrected chi connectivity index (χ1v) is 12.7. The molecule has 0 bridgehead atoms. The number of pyridine rings is 3. The average Bonchev–Trinajstić information content (AvgIpc) is 3.32. The summed E-state index contributed by atoms with van der Waals surface area (Å²) in [6.07, 6.45) is 11.4. The van der Waals surface area contributed by atoms with Gasteiger partial charge in [-0.15, -0.1) is 0 Å². The molecule has 1 fully saturated rings. The van der Waals surface area contributed by atoms with Crippen molar-refractivity contribution in [3.05, 3.63) is 89.8 Å². The summed E-state index contributed by atoms with van der Waals surface area (Å²) >= 11 is 0. The summed E-state index contributed by atoms with van der Waals surface area (Å²) in [6.45, 7) is 5.87. The molecule has 0 radical (unpaired) electrons. The van der Waals surface area contributed by atoms with Gasteiger partial charge < -0.3 is 9.80 Å². The molecule has 5 heterocycles. The highest BCUT2D eigenvalue weighted by Crippen LogP contribution is 2.35. The Kier molecular flexibility index (Phi) is 6.19. The van der Waals surface area contributed by atoms with Gasteiger partial charge in [0.05, 0.1) is 17.4 Å². The summed E-state index contributed by atoms with van der Waals surface area (Å²) < 4.78 is 2.27. The van der Waals surface area contributed by atoms with E-state index in [2.05, 4.69) is 73.7 Å². The SMILES string of the molecule is CN1CCN(c2cccc3nc(CN(Cc4cccnc4)[C@@H]4CCCc5cccnc54)cn23)CC1. The molecule has 1 aliphatic carbocycles. The molecule has 0 aromatic carbocycles. The normalized spacial score (nSPS) is 18.8. The van der Waals surface area contributed by atoms with Crippen LogP contribution in [-0.4, -0.2) is 62.4 Å². The lowest BCUT2D eigenvalue weighted by molar-refractivity contribution is 0.155. The number of aryl methyl sites for hydroxylation is 1. The van der Waals surface area contributed by atoms with E-state index >= 15 is 0 Å². The van der Waals surface area contributed by atoms with Crippen LogP contribution in [0.2, 0.25) is 0 Å². The Labute approximate surface area is 207 Å². The molecule has 4 aromatic rings. The van der Waals surface area contributed by atoms with E-state index in [-0.39, 0.29) is 6.04 Å². The molecule has 1 aliphatic heterocycles. The monoisotopic (exact) mass is 467 g/mol. The van der Waals surface area contributed by atoms with E-state index in [9.17, 15) is 0 Å². The van der Waals surface area contributed by atoms with Crippen LogP contribution in [-0.2, 0) is 19.5 Å². The van der Waals surface area contributed by atoms with E-state index in [4.69, 9.17) is 9.97 Å². The van der Waals surface area contributed by atoms with Gasteiger partial charge in [-0.1, -0.05) is 18.2 Å². The third-order valence-electron chi connectivity index (χ3n) is 7.43. The van der Waals surface area contributed by atoms with E-state index in [1.165, 1.54) is 29.1 Å². The molecular weight excluding hydrogens is 434 g/mol. The number of likely N-dealkylation sites (N-methyl/N-ethyl adjacent to an activating group) is 1. The lowest BCUT2D eigenvalue weighted by Gasteiger charge is -2.34. The molecule has 0 spiro atoms. The largest absolute Gasteiger partial charge is 0.355 e. The number of aromatic nitrogens is 4. The summed E-state index contributed by atoms with van der Waals surface area (Å²) in [5.41, 5.74) is 5.94. The summed E-state index contributed by atoms with van der Waals surface area (Å²) in [4.78, 5) is 21.7. The van der Waals surface area contributed by atoms with Crippen molar-refractivity contribution >= 4 is 11.5 Å². The standard InChI is InChI=1S/C28H33N7/c1-32-14-16-33(17-15-32)27-11-3-10-26-31-24(21-35(26)27)20-34(19-22-6-4-12-29-18-22)25-9-2-7-23-8-5-13-30-28(23)25/h3-6,8,10-13,18,21,25H,2,7,9,14-17,19-20H2,1H3/t25-/m1/s1. The van der Waals surface area contributed by atoms with Crippen LogP contribution in [0.4, 0.5) is 5.82 Å². The maximum atomic E-state index is 5.06. The van der Waals surface area contributed by atoms with Crippen molar-refractivity contribution in [2.24, 2.45) is 0 Å². The average molecular weight is 468 g/mol. The van der Waals surface area contributed by atoms with Gasteiger partial charge in [0.25, 0.3) is 0 Å². The molecule has 0 saturated carbocycles. The summed E-state index contributed by atoms with van der Waals surface area (Å²) in [5.74, 6) is 1.23. The molecule has 7 nitrogen and oxygen atoms in total. The van der Waals surface area contributed by atoms with Gasteiger partial charge in [-0.05, 0) is 61.7 Å². The van der Waals surface area contributed by atoms with Crippen molar-refractivity contribution in [1.82, 2.24) is 29.2 Å². The van der Waals surface area contributed by atoms with Crippen molar-refractivity contribution in [2.45, 2.75) is 38.4 Å². The molecular formula is C28H33N7. The highest BCUT2D eigenvalue weighted by atomic mass is 15.3. The maximum absolute atomic E-state index is 5.06. The third kappa shape index (κ3) is 4.66. The van der Waals surface area contributed by atoms with Gasteiger partial charge >= 0.3 is 0 Å². The first-order valence-electron chi connectivity index (χ1n) is 12.7. The molecule has 1 saturated heterocycles. The van der Waals surface area contributed by atoms with Gasteiger partial charge in [-0.25, -0.2) is 4.98 Å². The van der Waals surface area contributed by atoms with Crippen LogP contribution >= 0.6 is 0 Å². The van der Waals surface area contributed by atoms with Crippen LogP contribution in [0.5, 0.6) is 0 Å². The fourth-order valence-electron chi connectivity index (χ4n) is 5.57. The molecule has 6 rings (SSSR count). The van der Waals surface area contributed by atoms with Gasteiger partial charge in [0.15, 0.2) is 0 Å². The van der Waals surface area contributed by atoms with Crippen molar-refractivity contribution < 1.29 is 0 Å². The van der Waals surface area contributed by atoms with Gasteiger partial charge in [0.2, 0.25) is 0 Å². The number of rotatable bonds is 6. The maximum Gasteiger partial charge on any atom is 0.138 e. The fourth-order valence-corrected chi connectivity index (χ4v) is 5.57. The lowest BCUT2D eigenvalue weighted by Crippen LogP contribution is -2.45. The molecule has 0 unspecified atom stereocenters. The van der Waals surface area contributed by atoms with Crippen LogP contribution in [0.15, 0.2) is 67.3 Å². The van der Waals surface area contributed by atoms with E-state index in [1.54, 1.807) is 0 Å². The Morgan fingerprint density at radius 1 is 0.971 bits per heavy atom. The first-order chi connectivity index (χ1) is 17.2. The highest BCUT2D eigenvalue weighted by Gasteiger charge is 2.28. The summed E-state index contributed by atoms with van der Waals surface area (Å²) in [5, 5.41) is 0. The minimum atomic E-state index is 0.280. The Hall–Kier alpha value is -3.29. The van der Waals surface area contributed by atoms with Crippen molar-refractivity contribution in [1.29, 1.82) is 0 Å². The van der Waals surface area contributed by atoms with E-state index in [0.29, 0.717) is 0 Å². The summed E-state index contributed by atoms with van der Waals surface area (Å²) in [7, 11) is 2.20. The van der Waals surface area contributed by atoms with Gasteiger partial charge in [-0.2, -0.15) is 0 Å². The Morgan fingerprint density at radius 2 is 1.86 bits per heavy atom. The zero-order valence-electron chi connectivity index (χ0n) is 20.4. The Balaban J connectivity index is 1.32. The van der Waals surface area contributed by atoms with Crippen molar-refractivity contribution in [2.75, 3.05) is 38.1 Å². The van der Waals surface area contributed by atoms with Crippen LogP contribution in [0.1, 0.15) is 41.4 Å². The molecule has 180 valence electrons. The number of piperazine rings is 1. The number of fused-ring (bicyclic) bond motifs is 2. The minimum absolute atomic E-state index is 0.280. The summed E-state index contributed by atoms with van der Waals surface area (Å²) in [6, 6.07) is 15.2. The fraction of sp³-hybridized carbons (Fsp3) is 0.393. The van der Waals surface area contributed by atoms with Gasteiger partial charge in [-0.3, -0.25) is 19.3 Å². The predicted molar refractivity (Wildman–Crippen MR) is 138 cm³/mol. The van der Waals surface area contributed by atoms with Crippen LogP contribution in [0, 0.1) is 0 Å². The van der Waals surface area contributed by atoms with Gasteiger partial charge in [0.1, 0.15) is 11.5 Å². The molecule has 35 heavy (non-hydrogen) atoms. The number of nitrogens with zero attached hydrogens (tertiary/aromatic N) is 7. The number of imidazole rings is 1. The van der Waals surface area contributed by atoms with E-state index < -0.39 is 0 Å². The smallest absolute Gasteiger partial charge is 0.138 e. The molecule has 7 heteroatoms. The number of hydrogen-bond donors (Lipinski definition) is 0. The van der Waals surface area contributed by atoms with E-state index in [0.717, 1.165) is 63.5 Å². The third-order valence-corrected chi connectivity index (χ3v) is 7.43. The minimum Gasteiger partial charge on any atom is -0.355 e. The van der Waals surface area contributed by atoms with Gasteiger partial charge in [0, 0.05) is 64.1 Å². The first kappa shape index (κ1) is 22.2. The Morgan fingerprint density at radius 3 is 2.71 bits per heavy atom. The van der Waals surface area contributed by atoms with Crippen molar-refractivity contribution in [3.63, 3.8) is 0 Å². The zero-order chi connectivity index (χ0) is 23.6. The second-order valence-electron chi connectivity index (χ2n) is 9.86. The molecule has 1 atom stereocenters. The highest BCUT2D eigenvalue weighted by molar-refractivity contribution is 5.53. The quantitative estimate of drug-likeness (QED) is 0.428.